The van der Waals surface area contributed by atoms with Crippen molar-refractivity contribution in [3.05, 3.63) is 41.4 Å². The number of hydrazine groups is 1. The van der Waals surface area contributed by atoms with Crippen LogP contribution >= 0.6 is 0 Å². The van der Waals surface area contributed by atoms with Crippen molar-refractivity contribution < 1.29 is 4.39 Å². The summed E-state index contributed by atoms with van der Waals surface area (Å²) in [7, 11) is 2.12. The Labute approximate surface area is 101 Å². The number of hydrogen-bond donors (Lipinski definition) is 2. The molecule has 4 heteroatoms. The fraction of sp³-hybridized carbons (Fsp3) is 0.385. The average Bonchev–Trinajstić information content (AvgIpc) is 2.75. The van der Waals surface area contributed by atoms with Gasteiger partial charge in [-0.1, -0.05) is 0 Å². The number of allylic oxidation sites excluding steroid dienone is 1. The van der Waals surface area contributed by atoms with Gasteiger partial charge in [0.2, 0.25) is 0 Å². The first kappa shape index (κ1) is 11.9. The third-order valence-electron chi connectivity index (χ3n) is 3.02. The highest BCUT2D eigenvalue weighted by molar-refractivity contribution is 5.42. The third-order valence-corrected chi connectivity index (χ3v) is 3.02. The number of likely N-dealkylation sites (tertiary alicyclic amines) is 1. The maximum Gasteiger partial charge on any atom is 0.123 e. The van der Waals surface area contributed by atoms with Crippen LogP contribution in [-0.4, -0.2) is 25.0 Å². The van der Waals surface area contributed by atoms with Crippen LogP contribution in [0.1, 0.15) is 13.3 Å². The van der Waals surface area contributed by atoms with Gasteiger partial charge in [0.05, 0.1) is 5.69 Å². The fourth-order valence-corrected chi connectivity index (χ4v) is 1.90. The molecule has 1 fully saturated rings. The Morgan fingerprint density at radius 2 is 2.00 bits per heavy atom. The molecule has 1 aliphatic rings. The zero-order valence-corrected chi connectivity index (χ0v) is 10.3. The Morgan fingerprint density at radius 3 is 2.59 bits per heavy atom. The van der Waals surface area contributed by atoms with E-state index in [2.05, 4.69) is 29.7 Å². The molecule has 3 nitrogen and oxygen atoms in total. The molecule has 0 bridgehead atoms. The van der Waals surface area contributed by atoms with Crippen LogP contribution in [0.15, 0.2) is 35.5 Å². The lowest BCUT2D eigenvalue weighted by Gasteiger charge is -2.12. The van der Waals surface area contributed by atoms with E-state index < -0.39 is 0 Å². The maximum absolute atomic E-state index is 12.7. The molecule has 1 aromatic carbocycles. The van der Waals surface area contributed by atoms with Crippen molar-refractivity contribution in [1.82, 2.24) is 10.3 Å². The smallest absolute Gasteiger partial charge is 0.123 e. The minimum absolute atomic E-state index is 0.219. The van der Waals surface area contributed by atoms with Crippen LogP contribution in [0, 0.1) is 5.82 Å². The first-order chi connectivity index (χ1) is 8.15. The van der Waals surface area contributed by atoms with Gasteiger partial charge in [-0.05, 0) is 50.2 Å². The van der Waals surface area contributed by atoms with E-state index in [9.17, 15) is 4.39 Å². The van der Waals surface area contributed by atoms with E-state index in [1.165, 1.54) is 17.7 Å². The molecule has 0 aliphatic carbocycles. The van der Waals surface area contributed by atoms with Crippen molar-refractivity contribution >= 4 is 5.69 Å². The summed E-state index contributed by atoms with van der Waals surface area (Å²) in [5.74, 6) is -0.219. The van der Waals surface area contributed by atoms with Gasteiger partial charge in [-0.2, -0.15) is 0 Å². The molecule has 17 heavy (non-hydrogen) atoms. The van der Waals surface area contributed by atoms with E-state index in [0.717, 1.165) is 30.9 Å². The number of benzene rings is 1. The van der Waals surface area contributed by atoms with Gasteiger partial charge in [-0.3, -0.25) is 0 Å². The van der Waals surface area contributed by atoms with Crippen LogP contribution in [0.3, 0.4) is 0 Å². The first-order valence-electron chi connectivity index (χ1n) is 5.80. The van der Waals surface area contributed by atoms with E-state index in [-0.39, 0.29) is 5.82 Å². The van der Waals surface area contributed by atoms with Gasteiger partial charge >= 0.3 is 0 Å². The van der Waals surface area contributed by atoms with Crippen molar-refractivity contribution in [2.24, 2.45) is 0 Å². The number of anilines is 1. The van der Waals surface area contributed by atoms with Gasteiger partial charge in [0.1, 0.15) is 5.82 Å². The Morgan fingerprint density at radius 1 is 1.29 bits per heavy atom. The van der Waals surface area contributed by atoms with Crippen molar-refractivity contribution in [3.63, 3.8) is 0 Å². The van der Waals surface area contributed by atoms with Crippen molar-refractivity contribution in [1.29, 1.82) is 0 Å². The minimum Gasteiger partial charge on any atom is -0.305 e. The average molecular weight is 235 g/mol. The zero-order valence-electron chi connectivity index (χ0n) is 10.3. The molecule has 1 heterocycles. The Hall–Kier alpha value is -1.55. The van der Waals surface area contributed by atoms with Gasteiger partial charge in [0.25, 0.3) is 0 Å². The van der Waals surface area contributed by atoms with Gasteiger partial charge in [-0.25, -0.2) is 4.39 Å². The molecule has 0 spiro atoms. The van der Waals surface area contributed by atoms with E-state index in [0.29, 0.717) is 0 Å². The second-order valence-corrected chi connectivity index (χ2v) is 4.47. The van der Waals surface area contributed by atoms with Crippen LogP contribution in [0.25, 0.3) is 0 Å². The highest BCUT2D eigenvalue weighted by Gasteiger charge is 2.14. The van der Waals surface area contributed by atoms with Gasteiger partial charge < -0.3 is 15.8 Å². The summed E-state index contributed by atoms with van der Waals surface area (Å²) in [6.07, 6.45) is 1.11. The predicted octanol–water partition coefficient (Wildman–Crippen LogP) is 2.35. The summed E-state index contributed by atoms with van der Waals surface area (Å²) in [4.78, 5) is 2.29. The summed E-state index contributed by atoms with van der Waals surface area (Å²) in [6.45, 7) is 4.19. The zero-order chi connectivity index (χ0) is 12.3. The number of nitrogens with zero attached hydrogens (tertiary/aromatic N) is 1. The van der Waals surface area contributed by atoms with Crippen molar-refractivity contribution in [2.75, 3.05) is 25.6 Å². The molecule has 0 radical (unpaired) electrons. The van der Waals surface area contributed by atoms with E-state index in [1.54, 1.807) is 12.1 Å². The Kier molecular flexibility index (Phi) is 3.64. The summed E-state index contributed by atoms with van der Waals surface area (Å²) < 4.78 is 12.7. The fourth-order valence-electron chi connectivity index (χ4n) is 1.90. The molecule has 2 N–H and O–H groups in total. The summed E-state index contributed by atoms with van der Waals surface area (Å²) in [6, 6.07) is 6.30. The van der Waals surface area contributed by atoms with Crippen LogP contribution in [0.4, 0.5) is 10.1 Å². The van der Waals surface area contributed by atoms with Crippen LogP contribution in [0.5, 0.6) is 0 Å². The first-order valence-corrected chi connectivity index (χ1v) is 5.80. The monoisotopic (exact) mass is 235 g/mol. The van der Waals surface area contributed by atoms with Crippen LogP contribution in [-0.2, 0) is 0 Å². The van der Waals surface area contributed by atoms with Crippen LogP contribution < -0.4 is 10.9 Å². The second-order valence-electron chi connectivity index (χ2n) is 4.47. The molecule has 1 saturated heterocycles. The molecule has 0 saturated carbocycles. The highest BCUT2D eigenvalue weighted by Crippen LogP contribution is 2.16. The largest absolute Gasteiger partial charge is 0.305 e. The van der Waals surface area contributed by atoms with Gasteiger partial charge in [0.15, 0.2) is 0 Å². The highest BCUT2D eigenvalue weighted by atomic mass is 19.1. The van der Waals surface area contributed by atoms with Crippen molar-refractivity contribution in [2.45, 2.75) is 13.3 Å². The standard InChI is InChI=1S/C13H18FN3/c1-10(11-7-8-17(2)9-11)15-16-13-5-3-12(14)4-6-13/h3-6,15-16H,7-9H2,1-2H3. The van der Waals surface area contributed by atoms with Gasteiger partial charge in [0, 0.05) is 18.8 Å². The summed E-state index contributed by atoms with van der Waals surface area (Å²) in [5, 5.41) is 0. The maximum atomic E-state index is 12.7. The lowest BCUT2D eigenvalue weighted by Crippen LogP contribution is -2.21. The summed E-state index contributed by atoms with van der Waals surface area (Å²) in [5.41, 5.74) is 9.66. The lowest BCUT2D eigenvalue weighted by atomic mass is 10.2. The number of rotatable bonds is 3. The number of halogens is 1. The van der Waals surface area contributed by atoms with E-state index in [1.807, 2.05) is 0 Å². The lowest BCUT2D eigenvalue weighted by molar-refractivity contribution is 0.424. The van der Waals surface area contributed by atoms with E-state index >= 15 is 0 Å². The molecule has 2 rings (SSSR count). The third kappa shape index (κ3) is 3.20. The Balaban J connectivity index is 1.92. The molecule has 0 unspecified atom stereocenters. The van der Waals surface area contributed by atoms with Crippen molar-refractivity contribution in [3.8, 4) is 0 Å². The predicted molar refractivity (Wildman–Crippen MR) is 68.0 cm³/mol. The van der Waals surface area contributed by atoms with Crippen LogP contribution in [0.2, 0.25) is 0 Å². The SMILES string of the molecule is CC(NNc1ccc(F)cc1)=C1CCN(C)C1. The quantitative estimate of drug-likeness (QED) is 0.787. The summed E-state index contributed by atoms with van der Waals surface area (Å²) >= 11 is 0. The minimum atomic E-state index is -0.219. The van der Waals surface area contributed by atoms with Gasteiger partial charge in [-0.15, -0.1) is 0 Å². The Bertz CT molecular complexity index is 411. The molecule has 92 valence electrons. The molecular weight excluding hydrogens is 217 g/mol. The molecule has 0 amide bonds. The van der Waals surface area contributed by atoms with E-state index in [4.69, 9.17) is 0 Å². The molecule has 0 aromatic heterocycles. The second kappa shape index (κ2) is 5.19. The molecule has 1 aromatic rings. The molecular formula is C13H18FN3. The number of hydrogen-bond acceptors (Lipinski definition) is 3. The topological polar surface area (TPSA) is 27.3 Å². The molecule has 0 atom stereocenters. The number of likely N-dealkylation sites (N-methyl/N-ethyl adjacent to an activating group) is 1. The number of nitrogens with one attached hydrogen (secondary N) is 2. The normalized spacial score (nSPS) is 19.2. The molecule has 1 aliphatic heterocycles.